The summed E-state index contributed by atoms with van der Waals surface area (Å²) in [7, 11) is 0. The maximum Gasteiger partial charge on any atom is 0.109 e. The van der Waals surface area contributed by atoms with Crippen LogP contribution in [0.25, 0.3) is 11.3 Å². The lowest BCUT2D eigenvalue weighted by Gasteiger charge is -2.19. The molecule has 17 heavy (non-hydrogen) atoms. The number of benzene rings is 1. The first-order chi connectivity index (χ1) is 8.22. The number of aromatic nitrogens is 2. The van der Waals surface area contributed by atoms with Gasteiger partial charge in [0.2, 0.25) is 0 Å². The molecule has 0 amide bonds. The van der Waals surface area contributed by atoms with Gasteiger partial charge in [0.25, 0.3) is 0 Å². The molecule has 0 aliphatic carbocycles. The molecular formula is C13H14BrN3. The Morgan fingerprint density at radius 2 is 2.29 bits per heavy atom. The van der Waals surface area contributed by atoms with Gasteiger partial charge in [-0.2, -0.15) is 0 Å². The lowest BCUT2D eigenvalue weighted by atomic mass is 10.1. The Morgan fingerprint density at radius 3 is 3.12 bits per heavy atom. The third kappa shape index (κ3) is 2.15. The van der Waals surface area contributed by atoms with Crippen LogP contribution in [-0.4, -0.2) is 15.6 Å². The zero-order valence-corrected chi connectivity index (χ0v) is 11.0. The average Bonchev–Trinajstić information content (AvgIpc) is 2.72. The van der Waals surface area contributed by atoms with Gasteiger partial charge in [0.15, 0.2) is 0 Å². The van der Waals surface area contributed by atoms with Gasteiger partial charge in [-0.15, -0.1) is 0 Å². The molecule has 4 heteroatoms. The van der Waals surface area contributed by atoms with Gasteiger partial charge in [-0.05, 0) is 18.6 Å². The van der Waals surface area contributed by atoms with Crippen molar-refractivity contribution in [3.63, 3.8) is 0 Å². The number of halogens is 1. The number of nitrogens with zero attached hydrogens (tertiary/aromatic N) is 2. The minimum absolute atomic E-state index is 0.270. The molecule has 88 valence electrons. The standard InChI is InChI=1S/C13H14BrN3/c14-10-3-1-2-9(6-10)12-8-17-7-11(15)4-5-13(17)16-12/h1-3,6,8,11H,4-5,7,15H2. The van der Waals surface area contributed by atoms with Gasteiger partial charge in [0.05, 0.1) is 5.69 Å². The first kappa shape index (κ1) is 11.0. The van der Waals surface area contributed by atoms with Gasteiger partial charge >= 0.3 is 0 Å². The third-order valence-electron chi connectivity index (χ3n) is 3.15. The van der Waals surface area contributed by atoms with Crippen molar-refractivity contribution in [1.82, 2.24) is 9.55 Å². The molecule has 0 saturated heterocycles. The average molecular weight is 292 g/mol. The fourth-order valence-electron chi connectivity index (χ4n) is 2.26. The highest BCUT2D eigenvalue weighted by molar-refractivity contribution is 9.10. The van der Waals surface area contributed by atoms with Crippen LogP contribution < -0.4 is 5.73 Å². The smallest absolute Gasteiger partial charge is 0.109 e. The molecule has 2 heterocycles. The van der Waals surface area contributed by atoms with Crippen molar-refractivity contribution >= 4 is 15.9 Å². The molecule has 1 unspecified atom stereocenters. The lowest BCUT2D eigenvalue weighted by molar-refractivity contribution is 0.453. The van der Waals surface area contributed by atoms with Crippen LogP contribution in [0, 0.1) is 0 Å². The second kappa shape index (κ2) is 4.27. The number of rotatable bonds is 1. The zero-order chi connectivity index (χ0) is 11.8. The Labute approximate surface area is 109 Å². The van der Waals surface area contributed by atoms with Crippen molar-refractivity contribution in [2.24, 2.45) is 5.73 Å². The van der Waals surface area contributed by atoms with Crippen LogP contribution in [0.2, 0.25) is 0 Å². The number of imidazole rings is 1. The predicted molar refractivity (Wildman–Crippen MR) is 71.7 cm³/mol. The molecule has 1 atom stereocenters. The number of hydrogen-bond acceptors (Lipinski definition) is 2. The van der Waals surface area contributed by atoms with E-state index in [9.17, 15) is 0 Å². The molecule has 1 aliphatic heterocycles. The van der Waals surface area contributed by atoms with E-state index < -0.39 is 0 Å². The van der Waals surface area contributed by atoms with Gasteiger partial charge in [-0.25, -0.2) is 4.98 Å². The van der Waals surface area contributed by atoms with Crippen molar-refractivity contribution in [2.75, 3.05) is 0 Å². The van der Waals surface area contributed by atoms with E-state index in [2.05, 4.69) is 43.8 Å². The first-order valence-electron chi connectivity index (χ1n) is 5.80. The quantitative estimate of drug-likeness (QED) is 0.878. The van der Waals surface area contributed by atoms with Gasteiger partial charge in [0, 0.05) is 35.2 Å². The lowest BCUT2D eigenvalue weighted by Crippen LogP contribution is -2.31. The minimum atomic E-state index is 0.270. The van der Waals surface area contributed by atoms with Crippen molar-refractivity contribution < 1.29 is 0 Å². The van der Waals surface area contributed by atoms with Crippen LogP contribution in [0.3, 0.4) is 0 Å². The van der Waals surface area contributed by atoms with E-state index in [1.54, 1.807) is 0 Å². The summed E-state index contributed by atoms with van der Waals surface area (Å²) >= 11 is 3.49. The SMILES string of the molecule is NC1CCc2nc(-c3cccc(Br)c3)cn2C1. The summed E-state index contributed by atoms with van der Waals surface area (Å²) < 4.78 is 3.27. The molecule has 0 bridgehead atoms. The molecule has 1 aromatic carbocycles. The van der Waals surface area contributed by atoms with Crippen molar-refractivity contribution in [2.45, 2.75) is 25.4 Å². The maximum absolute atomic E-state index is 5.97. The van der Waals surface area contributed by atoms with E-state index in [1.165, 1.54) is 0 Å². The van der Waals surface area contributed by atoms with Crippen LogP contribution in [0.4, 0.5) is 0 Å². The zero-order valence-electron chi connectivity index (χ0n) is 9.44. The fraction of sp³-hybridized carbons (Fsp3) is 0.308. The maximum atomic E-state index is 5.97. The summed E-state index contributed by atoms with van der Waals surface area (Å²) in [5.41, 5.74) is 8.15. The van der Waals surface area contributed by atoms with E-state index >= 15 is 0 Å². The highest BCUT2D eigenvalue weighted by atomic mass is 79.9. The van der Waals surface area contributed by atoms with E-state index in [1.807, 2.05) is 12.1 Å². The Balaban J connectivity index is 2.00. The molecular weight excluding hydrogens is 278 g/mol. The molecule has 3 rings (SSSR count). The predicted octanol–water partition coefficient (Wildman–Crippen LogP) is 2.59. The summed E-state index contributed by atoms with van der Waals surface area (Å²) in [6.07, 6.45) is 4.13. The number of nitrogens with two attached hydrogens (primary N) is 1. The van der Waals surface area contributed by atoms with E-state index in [0.29, 0.717) is 0 Å². The van der Waals surface area contributed by atoms with Crippen LogP contribution >= 0.6 is 15.9 Å². The Hall–Kier alpha value is -1.13. The summed E-state index contributed by atoms with van der Waals surface area (Å²) in [5.74, 6) is 1.15. The molecule has 1 aliphatic rings. The largest absolute Gasteiger partial charge is 0.333 e. The number of fused-ring (bicyclic) bond motifs is 1. The van der Waals surface area contributed by atoms with Crippen LogP contribution in [0.15, 0.2) is 34.9 Å². The molecule has 3 nitrogen and oxygen atoms in total. The highest BCUT2D eigenvalue weighted by Crippen LogP contribution is 2.24. The molecule has 2 aromatic rings. The van der Waals surface area contributed by atoms with Crippen molar-refractivity contribution in [3.05, 3.63) is 40.8 Å². The van der Waals surface area contributed by atoms with Gasteiger partial charge < -0.3 is 10.3 Å². The monoisotopic (exact) mass is 291 g/mol. The Bertz CT molecular complexity index is 547. The van der Waals surface area contributed by atoms with Crippen LogP contribution in [0.5, 0.6) is 0 Å². The van der Waals surface area contributed by atoms with E-state index in [0.717, 1.165) is 40.9 Å². The molecule has 2 N–H and O–H groups in total. The fourth-order valence-corrected chi connectivity index (χ4v) is 2.66. The number of aryl methyl sites for hydroxylation is 1. The summed E-state index contributed by atoms with van der Waals surface area (Å²) in [6.45, 7) is 0.885. The molecule has 0 fully saturated rings. The van der Waals surface area contributed by atoms with Crippen LogP contribution in [0.1, 0.15) is 12.2 Å². The summed E-state index contributed by atoms with van der Waals surface area (Å²) in [6, 6.07) is 8.50. The second-order valence-corrected chi connectivity index (χ2v) is 5.42. The first-order valence-corrected chi connectivity index (χ1v) is 6.59. The van der Waals surface area contributed by atoms with Gasteiger partial charge in [0.1, 0.15) is 5.82 Å². The second-order valence-electron chi connectivity index (χ2n) is 4.50. The molecule has 0 saturated carbocycles. The molecule has 1 aromatic heterocycles. The highest BCUT2D eigenvalue weighted by Gasteiger charge is 2.17. The van der Waals surface area contributed by atoms with E-state index in [-0.39, 0.29) is 6.04 Å². The summed E-state index contributed by atoms with van der Waals surface area (Å²) in [4.78, 5) is 4.68. The minimum Gasteiger partial charge on any atom is -0.333 e. The Morgan fingerprint density at radius 1 is 1.41 bits per heavy atom. The summed E-state index contributed by atoms with van der Waals surface area (Å²) in [5, 5.41) is 0. The normalized spacial score (nSPS) is 19.1. The van der Waals surface area contributed by atoms with Crippen LogP contribution in [-0.2, 0) is 13.0 Å². The van der Waals surface area contributed by atoms with E-state index in [4.69, 9.17) is 5.73 Å². The molecule has 0 spiro atoms. The van der Waals surface area contributed by atoms with Crippen molar-refractivity contribution in [1.29, 1.82) is 0 Å². The topological polar surface area (TPSA) is 43.8 Å². The number of hydrogen-bond donors (Lipinski definition) is 1. The van der Waals surface area contributed by atoms with Gasteiger partial charge in [-0.3, -0.25) is 0 Å². The Kier molecular flexibility index (Phi) is 2.76. The van der Waals surface area contributed by atoms with Gasteiger partial charge in [-0.1, -0.05) is 28.1 Å². The third-order valence-corrected chi connectivity index (χ3v) is 3.64. The van der Waals surface area contributed by atoms with Crippen molar-refractivity contribution in [3.8, 4) is 11.3 Å². The molecule has 0 radical (unpaired) electrons.